The number of anilines is 1. The van der Waals surface area contributed by atoms with Crippen LogP contribution in [-0.4, -0.2) is 19.0 Å². The summed E-state index contributed by atoms with van der Waals surface area (Å²) < 4.78 is 17.4. The van der Waals surface area contributed by atoms with Crippen LogP contribution in [0.15, 0.2) is 12.1 Å². The zero-order valence-electron chi connectivity index (χ0n) is 8.64. The Labute approximate surface area is 96.3 Å². The number of amides is 1. The van der Waals surface area contributed by atoms with Gasteiger partial charge in [0.05, 0.1) is 17.8 Å². The highest BCUT2D eigenvalue weighted by molar-refractivity contribution is 6.39. The fourth-order valence-corrected chi connectivity index (χ4v) is 1.27. The molecule has 6 heteroatoms. The SMILES string of the molecule is COC(=O)C(=O)Nc1cc(F)c(C)cc1Cl. The Balaban J connectivity index is 2.94. The summed E-state index contributed by atoms with van der Waals surface area (Å²) >= 11 is 5.76. The number of benzene rings is 1. The lowest BCUT2D eigenvalue weighted by molar-refractivity contribution is -0.150. The number of esters is 1. The lowest BCUT2D eigenvalue weighted by atomic mass is 10.2. The molecule has 0 fully saturated rings. The first kappa shape index (κ1) is 12.4. The van der Waals surface area contributed by atoms with Crippen molar-refractivity contribution in [1.29, 1.82) is 0 Å². The van der Waals surface area contributed by atoms with Gasteiger partial charge >= 0.3 is 11.9 Å². The zero-order valence-corrected chi connectivity index (χ0v) is 9.39. The van der Waals surface area contributed by atoms with E-state index in [9.17, 15) is 14.0 Å². The van der Waals surface area contributed by atoms with Gasteiger partial charge in [-0.15, -0.1) is 0 Å². The van der Waals surface area contributed by atoms with Crippen molar-refractivity contribution in [2.24, 2.45) is 0 Å². The van der Waals surface area contributed by atoms with Crippen LogP contribution in [-0.2, 0) is 14.3 Å². The summed E-state index contributed by atoms with van der Waals surface area (Å²) in [7, 11) is 1.07. The largest absolute Gasteiger partial charge is 0.462 e. The van der Waals surface area contributed by atoms with Gasteiger partial charge in [-0.3, -0.25) is 4.79 Å². The average molecular weight is 246 g/mol. The van der Waals surface area contributed by atoms with Crippen LogP contribution in [0, 0.1) is 12.7 Å². The van der Waals surface area contributed by atoms with Crippen LogP contribution in [0.1, 0.15) is 5.56 Å². The van der Waals surface area contributed by atoms with Crippen LogP contribution in [0.25, 0.3) is 0 Å². The number of aryl methyl sites for hydroxylation is 1. The van der Waals surface area contributed by atoms with E-state index in [0.29, 0.717) is 5.56 Å². The molecule has 0 saturated heterocycles. The number of nitrogens with one attached hydrogen (secondary N) is 1. The maximum Gasteiger partial charge on any atom is 0.396 e. The Kier molecular flexibility index (Phi) is 3.84. The summed E-state index contributed by atoms with van der Waals surface area (Å²) in [4.78, 5) is 21.9. The summed E-state index contributed by atoms with van der Waals surface area (Å²) in [6.07, 6.45) is 0. The first-order valence-electron chi connectivity index (χ1n) is 4.30. The number of carbonyl (C=O) groups is 2. The fourth-order valence-electron chi connectivity index (χ4n) is 1.01. The molecule has 4 nitrogen and oxygen atoms in total. The summed E-state index contributed by atoms with van der Waals surface area (Å²) in [5.74, 6) is -2.60. The minimum absolute atomic E-state index is 0.0279. The number of ether oxygens (including phenoxy) is 1. The Bertz CT molecular complexity index is 448. The van der Waals surface area contributed by atoms with Gasteiger partial charge in [0.2, 0.25) is 0 Å². The molecule has 0 aliphatic rings. The zero-order chi connectivity index (χ0) is 12.3. The lowest BCUT2D eigenvalue weighted by Crippen LogP contribution is -2.24. The summed E-state index contributed by atoms with van der Waals surface area (Å²) in [6.45, 7) is 1.53. The van der Waals surface area contributed by atoms with Crippen LogP contribution in [0.4, 0.5) is 10.1 Å². The second kappa shape index (κ2) is 4.94. The Morgan fingerprint density at radius 2 is 2.06 bits per heavy atom. The third-order valence-electron chi connectivity index (χ3n) is 1.87. The van der Waals surface area contributed by atoms with Crippen LogP contribution >= 0.6 is 11.6 Å². The molecule has 16 heavy (non-hydrogen) atoms. The fraction of sp³-hybridized carbons (Fsp3) is 0.200. The second-order valence-electron chi connectivity index (χ2n) is 3.03. The molecular formula is C10H9ClFNO3. The van der Waals surface area contributed by atoms with Gasteiger partial charge in [0, 0.05) is 0 Å². The van der Waals surface area contributed by atoms with E-state index in [0.717, 1.165) is 13.2 Å². The number of halogens is 2. The molecule has 0 radical (unpaired) electrons. The minimum atomic E-state index is -1.07. The third-order valence-corrected chi connectivity index (χ3v) is 2.18. The number of hydrogen-bond donors (Lipinski definition) is 1. The van der Waals surface area contributed by atoms with E-state index >= 15 is 0 Å². The van der Waals surface area contributed by atoms with E-state index in [1.165, 1.54) is 13.0 Å². The van der Waals surface area contributed by atoms with Crippen molar-refractivity contribution in [1.82, 2.24) is 0 Å². The van der Waals surface area contributed by atoms with Crippen molar-refractivity contribution < 1.29 is 18.7 Å². The van der Waals surface area contributed by atoms with Crippen molar-refractivity contribution in [3.63, 3.8) is 0 Å². The first-order chi connectivity index (χ1) is 7.45. The second-order valence-corrected chi connectivity index (χ2v) is 3.43. The highest BCUT2D eigenvalue weighted by Gasteiger charge is 2.16. The van der Waals surface area contributed by atoms with E-state index in [4.69, 9.17) is 11.6 Å². The van der Waals surface area contributed by atoms with Gasteiger partial charge in [0.1, 0.15) is 5.82 Å². The number of methoxy groups -OCH3 is 1. The van der Waals surface area contributed by atoms with Gasteiger partial charge in [-0.1, -0.05) is 11.6 Å². The van der Waals surface area contributed by atoms with Crippen molar-refractivity contribution in [2.75, 3.05) is 12.4 Å². The van der Waals surface area contributed by atoms with Gasteiger partial charge in [-0.25, -0.2) is 9.18 Å². The van der Waals surface area contributed by atoms with Crippen LogP contribution < -0.4 is 5.32 Å². The Morgan fingerprint density at radius 3 is 2.62 bits per heavy atom. The molecule has 0 saturated carbocycles. The smallest absolute Gasteiger partial charge is 0.396 e. The average Bonchev–Trinajstić information content (AvgIpc) is 2.24. The molecule has 0 spiro atoms. The topological polar surface area (TPSA) is 55.4 Å². The van der Waals surface area contributed by atoms with Crippen molar-refractivity contribution in [2.45, 2.75) is 6.92 Å². The first-order valence-corrected chi connectivity index (χ1v) is 4.68. The van der Waals surface area contributed by atoms with Crippen molar-refractivity contribution in [3.05, 3.63) is 28.5 Å². The molecule has 0 heterocycles. The molecule has 0 bridgehead atoms. The van der Waals surface area contributed by atoms with Crippen LogP contribution in [0.5, 0.6) is 0 Å². The maximum absolute atomic E-state index is 13.2. The lowest BCUT2D eigenvalue weighted by Gasteiger charge is -2.07. The van der Waals surface area contributed by atoms with Gasteiger partial charge < -0.3 is 10.1 Å². The van der Waals surface area contributed by atoms with E-state index < -0.39 is 17.7 Å². The Hall–Kier alpha value is -1.62. The molecule has 0 unspecified atom stereocenters. The molecule has 0 aliphatic carbocycles. The molecule has 0 atom stereocenters. The Morgan fingerprint density at radius 1 is 1.44 bits per heavy atom. The van der Waals surface area contributed by atoms with Crippen molar-refractivity contribution in [3.8, 4) is 0 Å². The molecule has 1 amide bonds. The highest BCUT2D eigenvalue weighted by Crippen LogP contribution is 2.25. The van der Waals surface area contributed by atoms with Gasteiger partial charge in [0.15, 0.2) is 0 Å². The van der Waals surface area contributed by atoms with E-state index in [1.807, 2.05) is 0 Å². The van der Waals surface area contributed by atoms with Gasteiger partial charge in [0.25, 0.3) is 0 Å². The van der Waals surface area contributed by atoms with Crippen molar-refractivity contribution >= 4 is 29.2 Å². The molecule has 86 valence electrons. The predicted molar refractivity (Wildman–Crippen MR) is 56.8 cm³/mol. The normalized spacial score (nSPS) is 9.75. The summed E-state index contributed by atoms with van der Waals surface area (Å²) in [5.41, 5.74) is 0.376. The van der Waals surface area contributed by atoms with Crippen LogP contribution in [0.3, 0.4) is 0 Å². The predicted octanol–water partition coefficient (Wildman–Crippen LogP) is 1.90. The van der Waals surface area contributed by atoms with E-state index in [2.05, 4.69) is 10.1 Å². The molecule has 1 aromatic carbocycles. The molecule has 1 rings (SSSR count). The highest BCUT2D eigenvalue weighted by atomic mass is 35.5. The molecule has 0 aliphatic heterocycles. The summed E-state index contributed by atoms with van der Waals surface area (Å²) in [6, 6.07) is 2.39. The molecule has 1 N–H and O–H groups in total. The molecule has 1 aromatic rings. The quantitative estimate of drug-likeness (QED) is 0.607. The molecule has 0 aromatic heterocycles. The number of rotatable bonds is 1. The standard InChI is InChI=1S/C10H9ClFNO3/c1-5-3-6(11)8(4-7(5)12)13-9(14)10(15)16-2/h3-4H,1-2H3,(H,13,14). The van der Waals surface area contributed by atoms with E-state index in [-0.39, 0.29) is 10.7 Å². The number of hydrogen-bond acceptors (Lipinski definition) is 3. The maximum atomic E-state index is 13.2. The number of carbonyl (C=O) groups excluding carboxylic acids is 2. The summed E-state index contributed by atoms with van der Waals surface area (Å²) in [5, 5.41) is 2.29. The van der Waals surface area contributed by atoms with Crippen LogP contribution in [0.2, 0.25) is 5.02 Å². The minimum Gasteiger partial charge on any atom is -0.462 e. The molecular weight excluding hydrogens is 237 g/mol. The van der Waals surface area contributed by atoms with Gasteiger partial charge in [-0.2, -0.15) is 0 Å². The monoisotopic (exact) mass is 245 g/mol. The van der Waals surface area contributed by atoms with Gasteiger partial charge in [-0.05, 0) is 24.6 Å². The van der Waals surface area contributed by atoms with E-state index in [1.54, 1.807) is 0 Å². The third kappa shape index (κ3) is 2.70.